The molecule has 0 N–H and O–H groups in total. The molecule has 2 radical (unpaired) electrons. The summed E-state index contributed by atoms with van der Waals surface area (Å²) < 4.78 is 21.1. The Morgan fingerprint density at radius 3 is 1.87 bits per heavy atom. The van der Waals surface area contributed by atoms with E-state index in [-0.39, 0.29) is 6.79 Å². The Morgan fingerprint density at radius 2 is 1.33 bits per heavy atom. The van der Waals surface area contributed by atoms with Crippen LogP contribution < -0.4 is 9.47 Å². The standard InChI is InChI=1S/C11H10O4/c1-2-13-6-9-4-11-10(14-7-15-11)3-8(9)5-12-1/h1-4H,5-7H2. The van der Waals surface area contributed by atoms with E-state index in [0.717, 1.165) is 22.6 Å². The van der Waals surface area contributed by atoms with Crippen LogP contribution in [0.4, 0.5) is 0 Å². The Bertz CT molecular complexity index is 340. The quantitative estimate of drug-likeness (QED) is 0.648. The van der Waals surface area contributed by atoms with Crippen molar-refractivity contribution in [2.75, 3.05) is 6.79 Å². The van der Waals surface area contributed by atoms with E-state index < -0.39 is 0 Å². The molecular formula is C11H10O4. The first kappa shape index (κ1) is 9.00. The molecule has 0 aromatic heterocycles. The Kier molecular flexibility index (Phi) is 2.23. The highest BCUT2D eigenvalue weighted by atomic mass is 16.7. The predicted octanol–water partition coefficient (Wildman–Crippen LogP) is 1.79. The minimum Gasteiger partial charge on any atom is -0.454 e. The maximum Gasteiger partial charge on any atom is 0.231 e. The van der Waals surface area contributed by atoms with Crippen molar-refractivity contribution in [2.24, 2.45) is 0 Å². The molecule has 0 fully saturated rings. The smallest absolute Gasteiger partial charge is 0.231 e. The average molecular weight is 206 g/mol. The lowest BCUT2D eigenvalue weighted by atomic mass is 10.1. The molecule has 2 heterocycles. The minimum atomic E-state index is 0.290. The lowest BCUT2D eigenvalue weighted by molar-refractivity contribution is 0.107. The SMILES string of the molecule is [CH]1[CH]OCc2cc3c(cc2CO1)OCO3. The molecule has 0 bridgehead atoms. The molecule has 2 aliphatic heterocycles. The Hall–Kier alpha value is -1.26. The molecule has 0 aliphatic carbocycles. The van der Waals surface area contributed by atoms with Gasteiger partial charge in [0.15, 0.2) is 11.5 Å². The number of rotatable bonds is 0. The molecule has 0 saturated carbocycles. The fourth-order valence-electron chi connectivity index (χ4n) is 1.65. The number of hydrogen-bond acceptors (Lipinski definition) is 4. The van der Waals surface area contributed by atoms with Crippen LogP contribution in [0.5, 0.6) is 11.5 Å². The van der Waals surface area contributed by atoms with Gasteiger partial charge in [0.05, 0.1) is 13.2 Å². The van der Waals surface area contributed by atoms with E-state index in [4.69, 9.17) is 18.9 Å². The zero-order chi connectivity index (χ0) is 10.1. The van der Waals surface area contributed by atoms with Gasteiger partial charge in [-0.05, 0) is 23.3 Å². The molecule has 78 valence electrons. The van der Waals surface area contributed by atoms with Gasteiger partial charge in [-0.25, -0.2) is 0 Å². The second-order valence-electron chi connectivity index (χ2n) is 3.37. The van der Waals surface area contributed by atoms with Gasteiger partial charge in [-0.2, -0.15) is 0 Å². The van der Waals surface area contributed by atoms with Gasteiger partial charge in [0, 0.05) is 0 Å². The van der Waals surface area contributed by atoms with E-state index in [1.54, 1.807) is 13.2 Å². The first-order valence-electron chi connectivity index (χ1n) is 4.73. The summed E-state index contributed by atoms with van der Waals surface area (Å²) in [5.41, 5.74) is 2.15. The van der Waals surface area contributed by atoms with E-state index in [1.807, 2.05) is 12.1 Å². The van der Waals surface area contributed by atoms with Crippen LogP contribution in [0.3, 0.4) is 0 Å². The summed E-state index contributed by atoms with van der Waals surface area (Å²) in [6.07, 6.45) is 0. The summed E-state index contributed by atoms with van der Waals surface area (Å²) >= 11 is 0. The molecule has 0 unspecified atom stereocenters. The monoisotopic (exact) mass is 206 g/mol. The minimum absolute atomic E-state index is 0.290. The van der Waals surface area contributed by atoms with Gasteiger partial charge in [-0.3, -0.25) is 0 Å². The highest BCUT2D eigenvalue weighted by Crippen LogP contribution is 2.35. The van der Waals surface area contributed by atoms with Crippen LogP contribution in [0, 0.1) is 13.2 Å². The fourth-order valence-corrected chi connectivity index (χ4v) is 1.65. The van der Waals surface area contributed by atoms with Crippen LogP contribution in [0.15, 0.2) is 12.1 Å². The van der Waals surface area contributed by atoms with Gasteiger partial charge < -0.3 is 18.9 Å². The number of benzene rings is 1. The van der Waals surface area contributed by atoms with Crippen LogP contribution in [-0.4, -0.2) is 6.79 Å². The lowest BCUT2D eigenvalue weighted by Gasteiger charge is -2.14. The van der Waals surface area contributed by atoms with Crippen LogP contribution in [0.25, 0.3) is 0 Å². The zero-order valence-corrected chi connectivity index (χ0v) is 8.06. The molecule has 0 amide bonds. The van der Waals surface area contributed by atoms with Gasteiger partial charge in [0.2, 0.25) is 6.79 Å². The number of hydrogen-bond donors (Lipinski definition) is 0. The van der Waals surface area contributed by atoms with Gasteiger partial charge >= 0.3 is 0 Å². The maximum atomic E-state index is 5.30. The van der Waals surface area contributed by atoms with Crippen LogP contribution >= 0.6 is 0 Å². The van der Waals surface area contributed by atoms with Gasteiger partial charge in [-0.15, -0.1) is 0 Å². The summed E-state index contributed by atoms with van der Waals surface area (Å²) in [5.74, 6) is 1.56. The molecule has 1 aromatic carbocycles. The van der Waals surface area contributed by atoms with Gasteiger partial charge in [0.25, 0.3) is 0 Å². The van der Waals surface area contributed by atoms with Crippen LogP contribution in [0.1, 0.15) is 11.1 Å². The van der Waals surface area contributed by atoms with Crippen molar-refractivity contribution in [1.29, 1.82) is 0 Å². The van der Waals surface area contributed by atoms with Crippen LogP contribution in [0.2, 0.25) is 0 Å². The molecule has 0 spiro atoms. The second kappa shape index (κ2) is 3.72. The molecule has 3 rings (SSSR count). The van der Waals surface area contributed by atoms with Crippen molar-refractivity contribution in [3.63, 3.8) is 0 Å². The molecule has 15 heavy (non-hydrogen) atoms. The highest BCUT2D eigenvalue weighted by molar-refractivity contribution is 5.48. The largest absolute Gasteiger partial charge is 0.454 e. The van der Waals surface area contributed by atoms with Gasteiger partial charge in [-0.1, -0.05) is 0 Å². The first-order valence-corrected chi connectivity index (χ1v) is 4.73. The molecule has 0 atom stereocenters. The van der Waals surface area contributed by atoms with Gasteiger partial charge in [0.1, 0.15) is 13.2 Å². The average Bonchev–Trinajstić information content (AvgIpc) is 2.64. The molecule has 2 aliphatic rings. The Morgan fingerprint density at radius 1 is 0.800 bits per heavy atom. The molecule has 4 heteroatoms. The van der Waals surface area contributed by atoms with Crippen molar-refractivity contribution >= 4 is 0 Å². The third-order valence-electron chi connectivity index (χ3n) is 2.42. The van der Waals surface area contributed by atoms with E-state index in [9.17, 15) is 0 Å². The molecular weight excluding hydrogens is 196 g/mol. The summed E-state index contributed by atoms with van der Waals surface area (Å²) in [4.78, 5) is 0. The van der Waals surface area contributed by atoms with Crippen molar-refractivity contribution in [2.45, 2.75) is 13.2 Å². The molecule has 0 saturated heterocycles. The zero-order valence-electron chi connectivity index (χ0n) is 8.06. The van der Waals surface area contributed by atoms with Crippen molar-refractivity contribution < 1.29 is 18.9 Å². The summed E-state index contributed by atoms with van der Waals surface area (Å²) in [5, 5.41) is 0. The van der Waals surface area contributed by atoms with Crippen molar-refractivity contribution in [3.05, 3.63) is 36.5 Å². The highest BCUT2D eigenvalue weighted by Gasteiger charge is 2.18. The third-order valence-corrected chi connectivity index (χ3v) is 2.42. The number of fused-ring (bicyclic) bond motifs is 2. The topological polar surface area (TPSA) is 36.9 Å². The first-order chi connectivity index (χ1) is 7.43. The van der Waals surface area contributed by atoms with E-state index in [2.05, 4.69) is 0 Å². The maximum absolute atomic E-state index is 5.30. The molecule has 4 nitrogen and oxygen atoms in total. The predicted molar refractivity (Wildman–Crippen MR) is 50.7 cm³/mol. The van der Waals surface area contributed by atoms with E-state index in [1.165, 1.54) is 0 Å². The van der Waals surface area contributed by atoms with Crippen LogP contribution in [-0.2, 0) is 22.7 Å². The summed E-state index contributed by atoms with van der Waals surface area (Å²) in [6.45, 7) is 4.46. The lowest BCUT2D eigenvalue weighted by Crippen LogP contribution is -2.04. The molecule has 1 aromatic rings. The van der Waals surface area contributed by atoms with E-state index >= 15 is 0 Å². The third kappa shape index (κ3) is 1.66. The van der Waals surface area contributed by atoms with E-state index in [0.29, 0.717) is 13.2 Å². The summed E-state index contributed by atoms with van der Waals surface area (Å²) in [7, 11) is 0. The summed E-state index contributed by atoms with van der Waals surface area (Å²) in [6, 6.07) is 3.89. The number of ether oxygens (including phenoxy) is 4. The fraction of sp³-hybridized carbons (Fsp3) is 0.273. The van der Waals surface area contributed by atoms with Crippen molar-refractivity contribution in [3.8, 4) is 11.5 Å². The Balaban J connectivity index is 1.99. The second-order valence-corrected chi connectivity index (χ2v) is 3.37. The normalized spacial score (nSPS) is 19.2. The van der Waals surface area contributed by atoms with Crippen molar-refractivity contribution in [1.82, 2.24) is 0 Å². The Labute approximate surface area is 87.7 Å².